The molecule has 0 aromatic heterocycles. The largest absolute Gasteiger partial charge is 0.508 e. The highest BCUT2D eigenvalue weighted by Crippen LogP contribution is 2.17. The van der Waals surface area contributed by atoms with E-state index < -0.39 is 0 Å². The number of aryl methyl sites for hydroxylation is 1. The van der Waals surface area contributed by atoms with Gasteiger partial charge in [0.2, 0.25) is 0 Å². The summed E-state index contributed by atoms with van der Waals surface area (Å²) in [5.74, 6) is 0.978. The third-order valence-corrected chi connectivity index (χ3v) is 3.83. The Morgan fingerprint density at radius 2 is 1.91 bits per heavy atom. The van der Waals surface area contributed by atoms with E-state index in [1.807, 2.05) is 19.1 Å². The lowest BCUT2D eigenvalue weighted by Gasteiger charge is -2.07. The van der Waals surface area contributed by atoms with E-state index in [0.29, 0.717) is 25.2 Å². The quantitative estimate of drug-likeness (QED) is 0.499. The topological polar surface area (TPSA) is 46.5 Å². The minimum Gasteiger partial charge on any atom is -0.508 e. The molecule has 1 rings (SSSR count). The van der Waals surface area contributed by atoms with Gasteiger partial charge in [-0.25, -0.2) is 0 Å². The molecule has 0 spiro atoms. The first-order valence-corrected chi connectivity index (χ1v) is 8.43. The maximum absolute atomic E-state index is 11.6. The van der Waals surface area contributed by atoms with Gasteiger partial charge >= 0.3 is 5.97 Å². The highest BCUT2D eigenvalue weighted by Gasteiger charge is 2.04. The van der Waals surface area contributed by atoms with E-state index >= 15 is 0 Å². The van der Waals surface area contributed by atoms with Crippen molar-refractivity contribution in [2.75, 3.05) is 6.61 Å². The number of phenols is 1. The number of carbonyl (C=O) groups excluding carboxylic acids is 1. The molecule has 0 aliphatic carbocycles. The minimum atomic E-state index is -0.0978. The number of hydrogen-bond donors (Lipinski definition) is 1. The summed E-state index contributed by atoms with van der Waals surface area (Å²) in [6.07, 6.45) is 6.99. The van der Waals surface area contributed by atoms with Crippen LogP contribution in [0.3, 0.4) is 0 Å². The molecule has 1 N–H and O–H groups in total. The van der Waals surface area contributed by atoms with Crippen molar-refractivity contribution in [2.45, 2.75) is 65.7 Å². The fourth-order valence-corrected chi connectivity index (χ4v) is 2.40. The highest BCUT2D eigenvalue weighted by atomic mass is 16.5. The van der Waals surface area contributed by atoms with Gasteiger partial charge in [-0.2, -0.15) is 0 Å². The second-order valence-corrected chi connectivity index (χ2v) is 6.44. The summed E-state index contributed by atoms with van der Waals surface area (Å²) in [5, 5.41) is 9.46. The van der Waals surface area contributed by atoms with Gasteiger partial charge in [0.15, 0.2) is 0 Å². The van der Waals surface area contributed by atoms with E-state index in [4.69, 9.17) is 4.74 Å². The predicted octanol–water partition coefficient (Wildman–Crippen LogP) is 4.78. The van der Waals surface area contributed by atoms with Gasteiger partial charge in [-0.15, -0.1) is 0 Å². The van der Waals surface area contributed by atoms with Crippen molar-refractivity contribution < 1.29 is 14.6 Å². The number of esters is 1. The first-order chi connectivity index (χ1) is 10.5. The molecule has 22 heavy (non-hydrogen) atoms. The van der Waals surface area contributed by atoms with Crippen LogP contribution >= 0.6 is 0 Å². The zero-order valence-corrected chi connectivity index (χ0v) is 14.2. The lowest BCUT2D eigenvalue weighted by atomic mass is 10.0. The molecule has 0 amide bonds. The first-order valence-electron chi connectivity index (χ1n) is 8.43. The molecule has 1 aromatic rings. The zero-order chi connectivity index (χ0) is 16.4. The molecule has 0 aliphatic heterocycles. The van der Waals surface area contributed by atoms with Gasteiger partial charge in [0.25, 0.3) is 0 Å². The predicted molar refractivity (Wildman–Crippen MR) is 90.0 cm³/mol. The Kier molecular flexibility index (Phi) is 8.64. The van der Waals surface area contributed by atoms with Crippen LogP contribution < -0.4 is 0 Å². The maximum Gasteiger partial charge on any atom is 0.305 e. The summed E-state index contributed by atoms with van der Waals surface area (Å²) < 4.78 is 5.26. The monoisotopic (exact) mass is 306 g/mol. The highest BCUT2D eigenvalue weighted by molar-refractivity contribution is 5.69. The number of aromatic hydroxyl groups is 1. The Morgan fingerprint density at radius 1 is 1.18 bits per heavy atom. The summed E-state index contributed by atoms with van der Waals surface area (Å²) in [6.45, 7) is 6.76. The van der Waals surface area contributed by atoms with E-state index in [0.717, 1.165) is 29.9 Å². The number of ether oxygens (including phenoxy) is 1. The fraction of sp³-hybridized carbons (Fsp3) is 0.632. The number of carbonyl (C=O) groups is 1. The lowest BCUT2D eigenvalue weighted by molar-refractivity contribution is -0.143. The maximum atomic E-state index is 11.6. The summed E-state index contributed by atoms with van der Waals surface area (Å²) >= 11 is 0. The van der Waals surface area contributed by atoms with Gasteiger partial charge in [-0.1, -0.05) is 51.7 Å². The molecule has 0 unspecified atom stereocenters. The molecule has 0 bridgehead atoms. The van der Waals surface area contributed by atoms with Crippen LogP contribution in [-0.2, 0) is 16.0 Å². The van der Waals surface area contributed by atoms with Gasteiger partial charge in [0.1, 0.15) is 5.75 Å². The van der Waals surface area contributed by atoms with E-state index in [-0.39, 0.29) is 5.97 Å². The molecule has 0 heterocycles. The number of hydrogen-bond acceptors (Lipinski definition) is 3. The van der Waals surface area contributed by atoms with Crippen LogP contribution in [0.25, 0.3) is 0 Å². The summed E-state index contributed by atoms with van der Waals surface area (Å²) in [7, 11) is 0. The summed E-state index contributed by atoms with van der Waals surface area (Å²) in [5.41, 5.74) is 1.93. The van der Waals surface area contributed by atoms with Crippen molar-refractivity contribution >= 4 is 5.97 Å². The Balaban J connectivity index is 2.07. The molecule has 1 aromatic carbocycles. The Hall–Kier alpha value is -1.51. The molecule has 3 nitrogen and oxygen atoms in total. The summed E-state index contributed by atoms with van der Waals surface area (Å²) in [4.78, 5) is 11.6. The molecule has 0 fully saturated rings. The van der Waals surface area contributed by atoms with Crippen LogP contribution in [0.15, 0.2) is 18.2 Å². The van der Waals surface area contributed by atoms with E-state index in [1.54, 1.807) is 6.07 Å². The second-order valence-electron chi connectivity index (χ2n) is 6.44. The van der Waals surface area contributed by atoms with Crippen molar-refractivity contribution in [3.63, 3.8) is 0 Å². The first kappa shape index (κ1) is 18.5. The molecule has 0 atom stereocenters. The van der Waals surface area contributed by atoms with Crippen LogP contribution in [0, 0.1) is 12.8 Å². The number of phenolic OH excluding ortho intramolecular Hbond substituents is 1. The van der Waals surface area contributed by atoms with Crippen molar-refractivity contribution in [1.29, 1.82) is 0 Å². The van der Waals surface area contributed by atoms with Crippen LogP contribution in [0.5, 0.6) is 5.75 Å². The van der Waals surface area contributed by atoms with Crippen molar-refractivity contribution in [3.8, 4) is 5.75 Å². The van der Waals surface area contributed by atoms with Crippen LogP contribution in [0.1, 0.15) is 63.5 Å². The van der Waals surface area contributed by atoms with E-state index in [9.17, 15) is 9.90 Å². The van der Waals surface area contributed by atoms with Crippen molar-refractivity contribution in [1.82, 2.24) is 0 Å². The van der Waals surface area contributed by atoms with Crippen LogP contribution in [-0.4, -0.2) is 17.7 Å². The second kappa shape index (κ2) is 10.3. The number of rotatable bonds is 10. The minimum absolute atomic E-state index is 0.0978. The molecule has 3 heteroatoms. The number of unbranched alkanes of at least 4 members (excludes halogenated alkanes) is 3. The van der Waals surface area contributed by atoms with Gasteiger partial charge in [-0.3, -0.25) is 4.79 Å². The van der Waals surface area contributed by atoms with Gasteiger partial charge < -0.3 is 9.84 Å². The molecule has 0 aliphatic rings. The van der Waals surface area contributed by atoms with Crippen molar-refractivity contribution in [2.24, 2.45) is 5.92 Å². The lowest BCUT2D eigenvalue weighted by Crippen LogP contribution is -2.07. The Morgan fingerprint density at radius 3 is 2.59 bits per heavy atom. The Labute approximate surface area is 134 Å². The number of benzene rings is 1. The average Bonchev–Trinajstić information content (AvgIpc) is 2.46. The smallest absolute Gasteiger partial charge is 0.305 e. The molecule has 0 saturated carbocycles. The molecule has 124 valence electrons. The molecule has 0 radical (unpaired) electrons. The standard InChI is InChI=1S/C19H30O3/c1-15(2)8-6-4-5-7-9-19(21)22-13-12-17-10-11-18(20)16(3)14-17/h10-11,14-15,20H,4-9,12-13H2,1-3H3. The Bertz CT molecular complexity index is 452. The third kappa shape index (κ3) is 8.06. The average molecular weight is 306 g/mol. The van der Waals surface area contributed by atoms with Gasteiger partial charge in [-0.05, 0) is 36.5 Å². The third-order valence-electron chi connectivity index (χ3n) is 3.83. The van der Waals surface area contributed by atoms with Gasteiger partial charge in [0, 0.05) is 12.8 Å². The zero-order valence-electron chi connectivity index (χ0n) is 14.2. The summed E-state index contributed by atoms with van der Waals surface area (Å²) in [6, 6.07) is 5.48. The van der Waals surface area contributed by atoms with E-state index in [2.05, 4.69) is 13.8 Å². The van der Waals surface area contributed by atoms with Crippen molar-refractivity contribution in [3.05, 3.63) is 29.3 Å². The fourth-order valence-electron chi connectivity index (χ4n) is 2.40. The van der Waals surface area contributed by atoms with Crippen LogP contribution in [0.4, 0.5) is 0 Å². The normalized spacial score (nSPS) is 10.9. The van der Waals surface area contributed by atoms with E-state index in [1.165, 1.54) is 19.3 Å². The van der Waals surface area contributed by atoms with Crippen LogP contribution in [0.2, 0.25) is 0 Å². The molecular weight excluding hydrogens is 276 g/mol. The molecular formula is C19H30O3. The molecule has 0 saturated heterocycles. The van der Waals surface area contributed by atoms with Gasteiger partial charge in [0.05, 0.1) is 6.61 Å². The SMILES string of the molecule is Cc1cc(CCOC(=O)CCCCCCC(C)C)ccc1O.